The number of benzene rings is 1. The van der Waals surface area contributed by atoms with E-state index in [9.17, 15) is 14.4 Å². The van der Waals surface area contributed by atoms with Gasteiger partial charge in [-0.3, -0.25) is 0 Å². The molecule has 1 aromatic heterocycles. The molecule has 1 heterocycles. The van der Waals surface area contributed by atoms with E-state index in [4.69, 9.17) is 13.9 Å². The smallest absolute Gasteiger partial charge is 0.408 e. The summed E-state index contributed by atoms with van der Waals surface area (Å²) in [6.45, 7) is 10.8. The standard InChI is InChI=1S/C24H31NO6/c1-7-13(2)19(25-23(28)31-24(4,5)6)22(27)29-18-12-11-16-15-9-8-10-17(15)21(26)30-20(16)14(18)3/h11-13,19H,7-10H2,1-6H3,(H,25,28)/t13-,19-/m0/s1. The van der Waals surface area contributed by atoms with Crippen LogP contribution >= 0.6 is 0 Å². The van der Waals surface area contributed by atoms with Crippen molar-refractivity contribution in [1.82, 2.24) is 5.32 Å². The van der Waals surface area contributed by atoms with Crippen molar-refractivity contribution in [2.24, 2.45) is 5.92 Å². The average Bonchev–Trinajstić information content (AvgIpc) is 3.17. The van der Waals surface area contributed by atoms with Crippen LogP contribution in [0.15, 0.2) is 21.3 Å². The molecule has 0 bridgehead atoms. The van der Waals surface area contributed by atoms with Crippen LogP contribution in [0.4, 0.5) is 4.79 Å². The number of hydrogen-bond donors (Lipinski definition) is 1. The minimum Gasteiger partial charge on any atom is -0.444 e. The molecule has 0 unspecified atom stereocenters. The molecule has 1 N–H and O–H groups in total. The molecular weight excluding hydrogens is 398 g/mol. The normalized spacial score (nSPS) is 15.3. The summed E-state index contributed by atoms with van der Waals surface area (Å²) in [5, 5.41) is 3.52. The number of alkyl carbamates (subject to hydrolysis) is 1. The van der Waals surface area contributed by atoms with Crippen molar-refractivity contribution in [2.45, 2.75) is 78.9 Å². The summed E-state index contributed by atoms with van der Waals surface area (Å²) in [5.41, 5.74) is 1.79. The molecule has 1 aliphatic rings. The zero-order valence-corrected chi connectivity index (χ0v) is 19.1. The van der Waals surface area contributed by atoms with Gasteiger partial charge >= 0.3 is 17.7 Å². The lowest BCUT2D eigenvalue weighted by Gasteiger charge is -2.25. The van der Waals surface area contributed by atoms with Crippen molar-refractivity contribution in [3.8, 4) is 5.75 Å². The van der Waals surface area contributed by atoms with E-state index in [2.05, 4.69) is 5.32 Å². The zero-order valence-electron chi connectivity index (χ0n) is 19.1. The first kappa shape index (κ1) is 22.8. The molecule has 7 heteroatoms. The molecule has 7 nitrogen and oxygen atoms in total. The third-order valence-corrected chi connectivity index (χ3v) is 5.69. The first-order valence-electron chi connectivity index (χ1n) is 10.8. The minimum atomic E-state index is -0.873. The average molecular weight is 430 g/mol. The van der Waals surface area contributed by atoms with E-state index in [-0.39, 0.29) is 11.5 Å². The van der Waals surface area contributed by atoms with Gasteiger partial charge in [0.15, 0.2) is 0 Å². The Balaban J connectivity index is 1.88. The summed E-state index contributed by atoms with van der Waals surface area (Å²) in [5.74, 6) is -0.453. The summed E-state index contributed by atoms with van der Waals surface area (Å²) in [6, 6.07) is 2.68. The van der Waals surface area contributed by atoms with E-state index in [0.717, 1.165) is 35.8 Å². The number of ether oxygens (including phenoxy) is 2. The number of rotatable bonds is 5. The van der Waals surface area contributed by atoms with Gasteiger partial charge in [-0.2, -0.15) is 0 Å². The van der Waals surface area contributed by atoms with Crippen molar-refractivity contribution in [3.05, 3.63) is 39.2 Å². The molecule has 31 heavy (non-hydrogen) atoms. The van der Waals surface area contributed by atoms with Crippen LogP contribution in [0.3, 0.4) is 0 Å². The number of fused-ring (bicyclic) bond motifs is 3. The van der Waals surface area contributed by atoms with E-state index in [1.165, 1.54) is 0 Å². The maximum absolute atomic E-state index is 13.0. The molecule has 0 fully saturated rings. The van der Waals surface area contributed by atoms with Gasteiger partial charge in [0.25, 0.3) is 0 Å². The fourth-order valence-corrected chi connectivity index (χ4v) is 3.85. The summed E-state index contributed by atoms with van der Waals surface area (Å²) < 4.78 is 16.5. The van der Waals surface area contributed by atoms with Crippen molar-refractivity contribution in [2.75, 3.05) is 0 Å². The molecule has 1 aliphatic carbocycles. The van der Waals surface area contributed by atoms with Crippen molar-refractivity contribution in [1.29, 1.82) is 0 Å². The molecule has 0 saturated carbocycles. The Morgan fingerprint density at radius 3 is 2.52 bits per heavy atom. The molecule has 0 aliphatic heterocycles. The van der Waals surface area contributed by atoms with Crippen LogP contribution in [0.1, 0.15) is 64.2 Å². The highest BCUT2D eigenvalue weighted by atomic mass is 16.6. The third-order valence-electron chi connectivity index (χ3n) is 5.69. The van der Waals surface area contributed by atoms with Gasteiger partial charge in [0, 0.05) is 16.5 Å². The topological polar surface area (TPSA) is 94.8 Å². The number of nitrogens with one attached hydrogen (secondary N) is 1. The largest absolute Gasteiger partial charge is 0.444 e. The predicted molar refractivity (Wildman–Crippen MR) is 117 cm³/mol. The zero-order chi connectivity index (χ0) is 22.9. The summed E-state index contributed by atoms with van der Waals surface area (Å²) in [4.78, 5) is 37.6. The van der Waals surface area contributed by atoms with Gasteiger partial charge in [-0.1, -0.05) is 20.3 Å². The lowest BCUT2D eigenvalue weighted by Crippen LogP contribution is -2.48. The minimum absolute atomic E-state index is 0.165. The van der Waals surface area contributed by atoms with Crippen molar-refractivity contribution < 1.29 is 23.5 Å². The molecule has 168 valence electrons. The quantitative estimate of drug-likeness (QED) is 0.429. The lowest BCUT2D eigenvalue weighted by atomic mass is 9.99. The Kier molecular flexibility index (Phi) is 6.43. The molecule has 0 spiro atoms. The Bertz CT molecular complexity index is 1060. The molecule has 2 aromatic rings. The number of carbonyl (C=O) groups excluding carboxylic acids is 2. The second-order valence-electron chi connectivity index (χ2n) is 9.20. The van der Waals surface area contributed by atoms with Gasteiger partial charge < -0.3 is 19.2 Å². The Morgan fingerprint density at radius 1 is 1.19 bits per heavy atom. The molecule has 0 saturated heterocycles. The SMILES string of the molecule is CC[C@H](C)[C@H](NC(=O)OC(C)(C)C)C(=O)Oc1ccc2c3c(c(=O)oc2c1C)CCC3. The molecule has 0 radical (unpaired) electrons. The molecular formula is C24H31NO6. The van der Waals surface area contributed by atoms with E-state index >= 15 is 0 Å². The van der Waals surface area contributed by atoms with Crippen molar-refractivity contribution >= 4 is 23.0 Å². The number of aryl methyl sites for hydroxylation is 2. The highest BCUT2D eigenvalue weighted by molar-refractivity contribution is 5.88. The highest BCUT2D eigenvalue weighted by Crippen LogP contribution is 2.33. The molecule has 3 rings (SSSR count). The summed E-state index contributed by atoms with van der Waals surface area (Å²) in [7, 11) is 0. The number of hydrogen-bond acceptors (Lipinski definition) is 6. The molecule has 2 atom stereocenters. The van der Waals surface area contributed by atoms with Gasteiger partial charge in [0.05, 0.1) is 0 Å². The molecule has 1 aromatic carbocycles. The van der Waals surface area contributed by atoms with E-state index < -0.39 is 23.7 Å². The van der Waals surface area contributed by atoms with Crippen LogP contribution in [0.2, 0.25) is 0 Å². The van der Waals surface area contributed by atoms with Crippen LogP contribution in [0.25, 0.3) is 11.0 Å². The van der Waals surface area contributed by atoms with Gasteiger partial charge in [0.2, 0.25) is 0 Å². The van der Waals surface area contributed by atoms with Gasteiger partial charge in [-0.25, -0.2) is 14.4 Å². The van der Waals surface area contributed by atoms with Crippen LogP contribution in [-0.2, 0) is 22.4 Å². The Morgan fingerprint density at radius 2 is 1.87 bits per heavy atom. The second-order valence-corrected chi connectivity index (χ2v) is 9.20. The van der Waals surface area contributed by atoms with Crippen LogP contribution in [-0.4, -0.2) is 23.7 Å². The fourth-order valence-electron chi connectivity index (χ4n) is 3.85. The Labute approximate surface area is 182 Å². The Hall–Kier alpha value is -2.83. The predicted octanol–water partition coefficient (Wildman–Crippen LogP) is 4.43. The maximum Gasteiger partial charge on any atom is 0.408 e. The first-order valence-corrected chi connectivity index (χ1v) is 10.8. The number of amides is 1. The maximum atomic E-state index is 13.0. The van der Waals surface area contributed by atoms with E-state index in [1.54, 1.807) is 33.8 Å². The van der Waals surface area contributed by atoms with E-state index in [0.29, 0.717) is 23.3 Å². The van der Waals surface area contributed by atoms with Crippen LogP contribution < -0.4 is 15.7 Å². The molecule has 1 amide bonds. The van der Waals surface area contributed by atoms with E-state index in [1.807, 2.05) is 19.9 Å². The van der Waals surface area contributed by atoms with Crippen molar-refractivity contribution in [3.63, 3.8) is 0 Å². The fraction of sp³-hybridized carbons (Fsp3) is 0.542. The third kappa shape index (κ3) is 4.92. The monoisotopic (exact) mass is 429 g/mol. The highest BCUT2D eigenvalue weighted by Gasteiger charge is 2.31. The van der Waals surface area contributed by atoms with Gasteiger partial charge in [-0.05, 0) is 70.6 Å². The van der Waals surface area contributed by atoms with Gasteiger partial charge in [0.1, 0.15) is 23.0 Å². The van der Waals surface area contributed by atoms with Crippen LogP contribution in [0, 0.1) is 12.8 Å². The van der Waals surface area contributed by atoms with Crippen LogP contribution in [0.5, 0.6) is 5.75 Å². The number of esters is 1. The second kappa shape index (κ2) is 8.73. The first-order chi connectivity index (χ1) is 14.5. The van der Waals surface area contributed by atoms with Gasteiger partial charge in [-0.15, -0.1) is 0 Å². The lowest BCUT2D eigenvalue weighted by molar-refractivity contribution is -0.138. The number of carbonyl (C=O) groups is 2. The summed E-state index contributed by atoms with van der Waals surface area (Å²) in [6.07, 6.45) is 2.49. The summed E-state index contributed by atoms with van der Waals surface area (Å²) >= 11 is 0.